The van der Waals surface area contributed by atoms with Crippen molar-refractivity contribution in [3.8, 4) is 0 Å². The summed E-state index contributed by atoms with van der Waals surface area (Å²) in [4.78, 5) is 11.5. The van der Waals surface area contributed by atoms with Crippen molar-refractivity contribution >= 4 is 5.97 Å². The zero-order valence-corrected chi connectivity index (χ0v) is 15.6. The fourth-order valence-corrected chi connectivity index (χ4v) is 3.09. The highest BCUT2D eigenvalue weighted by atomic mass is 16.5. The van der Waals surface area contributed by atoms with E-state index in [0.29, 0.717) is 5.56 Å². The van der Waals surface area contributed by atoms with Crippen LogP contribution in [0.1, 0.15) is 88.9 Å². The molecule has 0 aliphatic heterocycles. The predicted octanol–water partition coefficient (Wildman–Crippen LogP) is 5.83. The summed E-state index contributed by atoms with van der Waals surface area (Å²) in [6, 6.07) is 1.83. The summed E-state index contributed by atoms with van der Waals surface area (Å²) in [6.45, 7) is 7.83. The zero-order valence-electron chi connectivity index (χ0n) is 15.6. The molecular weight excluding hydrogens is 286 g/mol. The van der Waals surface area contributed by atoms with Crippen molar-refractivity contribution in [2.45, 2.75) is 85.1 Å². The lowest BCUT2D eigenvalue weighted by atomic mass is 9.86. The molecule has 132 valence electrons. The molecule has 0 saturated carbocycles. The number of carbonyl (C=O) groups is 1. The van der Waals surface area contributed by atoms with Gasteiger partial charge in [-0.1, -0.05) is 72.1 Å². The Labute approximate surface area is 142 Å². The highest BCUT2D eigenvalue weighted by molar-refractivity contribution is 5.89. The first-order valence-electron chi connectivity index (χ1n) is 9.22. The number of nitrogens with zero attached hydrogens (tertiary/aromatic N) is 1. The van der Waals surface area contributed by atoms with Crippen LogP contribution < -0.4 is 0 Å². The average Bonchev–Trinajstić information content (AvgIpc) is 2.96. The number of hydrogen-bond acceptors (Lipinski definition) is 2. The van der Waals surface area contributed by atoms with Gasteiger partial charge < -0.3 is 9.30 Å². The Balaban J connectivity index is 2.22. The smallest absolute Gasteiger partial charge is 0.339 e. The molecule has 0 aliphatic carbocycles. The summed E-state index contributed by atoms with van der Waals surface area (Å²) >= 11 is 0. The molecule has 0 aliphatic rings. The summed E-state index contributed by atoms with van der Waals surface area (Å²) in [7, 11) is 1.42. The molecule has 1 aromatic heterocycles. The zero-order chi connectivity index (χ0) is 17.1. The molecule has 3 nitrogen and oxygen atoms in total. The van der Waals surface area contributed by atoms with Crippen LogP contribution in [0.25, 0.3) is 0 Å². The van der Waals surface area contributed by atoms with E-state index in [1.165, 1.54) is 64.9 Å². The molecule has 0 atom stereocenters. The van der Waals surface area contributed by atoms with Crippen LogP contribution in [-0.2, 0) is 11.3 Å². The molecule has 0 bridgehead atoms. The highest BCUT2D eigenvalue weighted by Crippen LogP contribution is 2.26. The number of rotatable bonds is 12. The van der Waals surface area contributed by atoms with Crippen molar-refractivity contribution in [1.82, 2.24) is 4.57 Å². The maximum Gasteiger partial charge on any atom is 0.339 e. The number of esters is 1. The molecule has 0 fully saturated rings. The van der Waals surface area contributed by atoms with Gasteiger partial charge in [-0.05, 0) is 17.9 Å². The molecule has 0 saturated heterocycles. The highest BCUT2D eigenvalue weighted by Gasteiger charge is 2.18. The fraction of sp³-hybridized carbons (Fsp3) is 0.750. The van der Waals surface area contributed by atoms with E-state index in [9.17, 15) is 4.79 Å². The normalized spacial score (nSPS) is 11.7. The van der Waals surface area contributed by atoms with Gasteiger partial charge in [0.25, 0.3) is 0 Å². The summed E-state index contributed by atoms with van der Waals surface area (Å²) < 4.78 is 6.86. The molecule has 0 spiro atoms. The molecule has 1 aromatic rings. The molecule has 0 radical (unpaired) electrons. The van der Waals surface area contributed by atoms with Crippen molar-refractivity contribution in [2.75, 3.05) is 7.11 Å². The Bertz CT molecular complexity index is 448. The van der Waals surface area contributed by atoms with Crippen molar-refractivity contribution in [2.24, 2.45) is 5.41 Å². The van der Waals surface area contributed by atoms with Gasteiger partial charge in [0.05, 0.1) is 12.7 Å². The summed E-state index contributed by atoms with van der Waals surface area (Å²) in [5.74, 6) is -0.260. The lowest BCUT2D eigenvalue weighted by Gasteiger charge is -2.25. The van der Waals surface area contributed by atoms with Crippen LogP contribution in [0.2, 0.25) is 0 Å². The van der Waals surface area contributed by atoms with Crippen LogP contribution in [0.15, 0.2) is 18.5 Å². The second-order valence-corrected chi connectivity index (χ2v) is 7.45. The summed E-state index contributed by atoms with van der Waals surface area (Å²) in [5, 5.41) is 0. The van der Waals surface area contributed by atoms with Crippen molar-refractivity contribution < 1.29 is 9.53 Å². The quantitative estimate of drug-likeness (QED) is 0.358. The van der Waals surface area contributed by atoms with Crippen LogP contribution in [0.3, 0.4) is 0 Å². The molecule has 3 heteroatoms. The number of aromatic nitrogens is 1. The predicted molar refractivity (Wildman–Crippen MR) is 96.8 cm³/mol. The molecule has 23 heavy (non-hydrogen) atoms. The Kier molecular flexibility index (Phi) is 9.05. The molecule has 1 rings (SSSR count). The minimum atomic E-state index is -0.260. The van der Waals surface area contributed by atoms with Gasteiger partial charge in [0.15, 0.2) is 0 Å². The first-order chi connectivity index (χ1) is 11.0. The Hall–Kier alpha value is -1.25. The van der Waals surface area contributed by atoms with Crippen molar-refractivity contribution in [3.63, 3.8) is 0 Å². The van der Waals surface area contributed by atoms with E-state index in [1.54, 1.807) is 0 Å². The molecule has 1 heterocycles. The number of unbranched alkanes of at least 4 members (excludes halogenated alkanes) is 7. The van der Waals surface area contributed by atoms with Gasteiger partial charge >= 0.3 is 5.97 Å². The van der Waals surface area contributed by atoms with Gasteiger partial charge in [0.1, 0.15) is 0 Å². The Morgan fingerprint density at radius 3 is 2.30 bits per heavy atom. The maximum absolute atomic E-state index is 11.5. The molecule has 0 amide bonds. The third-order valence-corrected chi connectivity index (χ3v) is 4.49. The third-order valence-electron chi connectivity index (χ3n) is 4.49. The minimum absolute atomic E-state index is 0.259. The van der Waals surface area contributed by atoms with E-state index in [0.717, 1.165) is 6.54 Å². The largest absolute Gasteiger partial charge is 0.465 e. The molecular formula is C20H35NO2. The maximum atomic E-state index is 11.5. The van der Waals surface area contributed by atoms with E-state index in [1.807, 2.05) is 18.5 Å². The summed E-state index contributed by atoms with van der Waals surface area (Å²) in [6.07, 6.45) is 16.0. The van der Waals surface area contributed by atoms with Crippen molar-refractivity contribution in [3.05, 3.63) is 24.0 Å². The van der Waals surface area contributed by atoms with Gasteiger partial charge in [-0.2, -0.15) is 0 Å². The molecule has 0 aromatic carbocycles. The monoisotopic (exact) mass is 321 g/mol. The number of ether oxygens (including phenoxy) is 1. The van der Waals surface area contributed by atoms with Gasteiger partial charge in [-0.15, -0.1) is 0 Å². The average molecular weight is 322 g/mol. The SMILES string of the molecule is CCCCCCCCCCC(C)(C)Cn1ccc(C(=O)OC)c1. The minimum Gasteiger partial charge on any atom is -0.465 e. The topological polar surface area (TPSA) is 31.2 Å². The number of hydrogen-bond donors (Lipinski definition) is 0. The Morgan fingerprint density at radius 2 is 1.70 bits per heavy atom. The number of methoxy groups -OCH3 is 1. The van der Waals surface area contributed by atoms with Gasteiger partial charge in [0.2, 0.25) is 0 Å². The van der Waals surface area contributed by atoms with E-state index >= 15 is 0 Å². The molecule has 0 unspecified atom stereocenters. The van der Waals surface area contributed by atoms with Crippen LogP contribution in [-0.4, -0.2) is 17.6 Å². The van der Waals surface area contributed by atoms with Gasteiger partial charge in [-0.25, -0.2) is 4.79 Å². The van der Waals surface area contributed by atoms with E-state index in [2.05, 4.69) is 25.3 Å². The van der Waals surface area contributed by atoms with Gasteiger partial charge in [0, 0.05) is 18.9 Å². The third kappa shape index (κ3) is 8.24. The standard InChI is InChI=1S/C20H35NO2/c1-5-6-7-8-9-10-11-12-14-20(2,3)17-21-15-13-18(16-21)19(22)23-4/h13,15-16H,5-12,14,17H2,1-4H3. The van der Waals surface area contributed by atoms with Crippen LogP contribution in [0.5, 0.6) is 0 Å². The van der Waals surface area contributed by atoms with Crippen LogP contribution >= 0.6 is 0 Å². The second kappa shape index (κ2) is 10.5. The lowest BCUT2D eigenvalue weighted by molar-refractivity contribution is 0.0600. The van der Waals surface area contributed by atoms with Gasteiger partial charge in [-0.3, -0.25) is 0 Å². The number of carbonyl (C=O) groups excluding carboxylic acids is 1. The second-order valence-electron chi connectivity index (χ2n) is 7.45. The first-order valence-corrected chi connectivity index (χ1v) is 9.22. The summed E-state index contributed by atoms with van der Waals surface area (Å²) in [5.41, 5.74) is 0.893. The first kappa shape index (κ1) is 19.8. The van der Waals surface area contributed by atoms with E-state index in [-0.39, 0.29) is 11.4 Å². The Morgan fingerprint density at radius 1 is 1.09 bits per heavy atom. The lowest BCUT2D eigenvalue weighted by Crippen LogP contribution is -2.19. The van der Waals surface area contributed by atoms with E-state index < -0.39 is 0 Å². The molecule has 0 N–H and O–H groups in total. The fourth-order valence-electron chi connectivity index (χ4n) is 3.09. The van der Waals surface area contributed by atoms with Crippen LogP contribution in [0.4, 0.5) is 0 Å². The van der Waals surface area contributed by atoms with Crippen molar-refractivity contribution in [1.29, 1.82) is 0 Å². The van der Waals surface area contributed by atoms with Crippen LogP contribution in [0, 0.1) is 5.41 Å². The van der Waals surface area contributed by atoms with E-state index in [4.69, 9.17) is 4.74 Å².